The normalized spacial score (nSPS) is 13.6. The molecule has 0 bridgehead atoms. The fourth-order valence-electron chi connectivity index (χ4n) is 3.42. The lowest BCUT2D eigenvalue weighted by Gasteiger charge is -2.31. The first-order valence-corrected chi connectivity index (χ1v) is 11.1. The highest BCUT2D eigenvalue weighted by Gasteiger charge is 2.31. The first-order valence-electron chi connectivity index (χ1n) is 9.67. The average Bonchev–Trinajstić information content (AvgIpc) is 2.79. The number of fused-ring (bicyclic) bond motifs is 1. The fourth-order valence-corrected chi connectivity index (χ4v) is 4.82. The van der Waals surface area contributed by atoms with Gasteiger partial charge in [0, 0.05) is 6.54 Å². The van der Waals surface area contributed by atoms with Crippen molar-refractivity contribution >= 4 is 21.6 Å². The van der Waals surface area contributed by atoms with Crippen molar-refractivity contribution in [2.75, 3.05) is 24.6 Å². The second-order valence-electron chi connectivity index (χ2n) is 6.93. The molecule has 0 aromatic heterocycles. The van der Waals surface area contributed by atoms with Crippen LogP contribution in [0.2, 0.25) is 0 Å². The van der Waals surface area contributed by atoms with Gasteiger partial charge in [0.1, 0.15) is 12.4 Å². The highest BCUT2D eigenvalue weighted by atomic mass is 32.2. The summed E-state index contributed by atoms with van der Waals surface area (Å²) < 4.78 is 33.5. The Bertz CT molecular complexity index is 1120. The van der Waals surface area contributed by atoms with Crippen LogP contribution in [-0.2, 0) is 21.4 Å². The van der Waals surface area contributed by atoms with Crippen molar-refractivity contribution in [3.05, 3.63) is 90.5 Å². The third-order valence-electron chi connectivity index (χ3n) is 4.92. The van der Waals surface area contributed by atoms with Crippen molar-refractivity contribution in [3.8, 4) is 5.75 Å². The first-order chi connectivity index (χ1) is 14.6. The molecule has 154 valence electrons. The molecule has 30 heavy (non-hydrogen) atoms. The number of amides is 1. The quantitative estimate of drug-likeness (QED) is 0.611. The van der Waals surface area contributed by atoms with E-state index in [1.165, 1.54) is 4.31 Å². The summed E-state index contributed by atoms with van der Waals surface area (Å²) in [5, 5.41) is 0. The van der Waals surface area contributed by atoms with Gasteiger partial charge in [-0.15, -0.1) is 0 Å². The molecule has 0 atom stereocenters. The molecule has 0 fully saturated rings. The van der Waals surface area contributed by atoms with Crippen LogP contribution in [0.1, 0.15) is 5.56 Å². The number of sulfonamides is 1. The predicted molar refractivity (Wildman–Crippen MR) is 115 cm³/mol. The van der Waals surface area contributed by atoms with Crippen LogP contribution in [0.5, 0.6) is 5.75 Å². The highest BCUT2D eigenvalue weighted by molar-refractivity contribution is 7.89. The Labute approximate surface area is 176 Å². The highest BCUT2D eigenvalue weighted by Crippen LogP contribution is 2.31. The van der Waals surface area contributed by atoms with Crippen LogP contribution in [0.4, 0.5) is 5.69 Å². The Hall–Kier alpha value is -3.16. The monoisotopic (exact) mass is 422 g/mol. The van der Waals surface area contributed by atoms with Gasteiger partial charge in [0.25, 0.3) is 0 Å². The number of carbonyl (C=O) groups is 1. The topological polar surface area (TPSA) is 66.9 Å². The zero-order valence-electron chi connectivity index (χ0n) is 16.3. The fraction of sp³-hybridized carbons (Fsp3) is 0.174. The zero-order valence-corrected chi connectivity index (χ0v) is 17.2. The van der Waals surface area contributed by atoms with E-state index < -0.39 is 10.0 Å². The number of rotatable bonds is 6. The Kier molecular flexibility index (Phi) is 5.83. The van der Waals surface area contributed by atoms with Gasteiger partial charge in [-0.05, 0) is 29.8 Å². The van der Waals surface area contributed by atoms with Gasteiger partial charge in [-0.25, -0.2) is 8.42 Å². The van der Waals surface area contributed by atoms with Crippen LogP contribution in [-0.4, -0.2) is 38.3 Å². The molecule has 0 spiro atoms. The van der Waals surface area contributed by atoms with Crippen molar-refractivity contribution < 1.29 is 17.9 Å². The lowest BCUT2D eigenvalue weighted by molar-refractivity contribution is -0.119. The van der Waals surface area contributed by atoms with E-state index in [0.717, 1.165) is 5.56 Å². The number of hydrogen-bond donors (Lipinski definition) is 0. The average molecular weight is 423 g/mol. The molecule has 0 unspecified atom stereocenters. The summed E-state index contributed by atoms with van der Waals surface area (Å²) >= 11 is 0. The predicted octanol–water partition coefficient (Wildman–Crippen LogP) is 3.30. The van der Waals surface area contributed by atoms with Crippen molar-refractivity contribution in [2.45, 2.75) is 11.4 Å². The number of hydrogen-bond acceptors (Lipinski definition) is 4. The van der Waals surface area contributed by atoms with Gasteiger partial charge in [0.2, 0.25) is 15.9 Å². The van der Waals surface area contributed by atoms with Crippen LogP contribution in [0, 0.1) is 0 Å². The number of nitrogens with zero attached hydrogens (tertiary/aromatic N) is 2. The van der Waals surface area contributed by atoms with Crippen molar-refractivity contribution in [3.63, 3.8) is 0 Å². The van der Waals surface area contributed by atoms with E-state index in [9.17, 15) is 13.2 Å². The molecule has 0 N–H and O–H groups in total. The van der Waals surface area contributed by atoms with Gasteiger partial charge in [-0.3, -0.25) is 4.79 Å². The van der Waals surface area contributed by atoms with E-state index in [-0.39, 0.29) is 23.9 Å². The Morgan fingerprint density at radius 1 is 0.900 bits per heavy atom. The Morgan fingerprint density at radius 3 is 2.27 bits per heavy atom. The minimum atomic E-state index is -3.86. The van der Waals surface area contributed by atoms with Crippen LogP contribution >= 0.6 is 0 Å². The van der Waals surface area contributed by atoms with Crippen molar-refractivity contribution in [2.24, 2.45) is 0 Å². The number of para-hydroxylation sites is 2. The molecule has 1 aliphatic rings. The lowest BCUT2D eigenvalue weighted by atomic mass is 10.2. The molecular weight excluding hydrogens is 400 g/mol. The SMILES string of the molecule is O=C(CN(Cc1ccccc1)S(=O)(=O)c1ccccc1)N1CCOc2ccccc21. The molecule has 1 heterocycles. The molecular formula is C23H22N2O4S. The van der Waals surface area contributed by atoms with E-state index in [1.54, 1.807) is 47.4 Å². The number of ether oxygens (including phenoxy) is 1. The van der Waals surface area contributed by atoms with E-state index in [1.807, 2.05) is 42.5 Å². The third kappa shape index (κ3) is 4.22. The molecule has 0 aliphatic carbocycles. The van der Waals surface area contributed by atoms with Gasteiger partial charge in [0.15, 0.2) is 0 Å². The molecule has 6 nitrogen and oxygen atoms in total. The van der Waals surface area contributed by atoms with Gasteiger partial charge in [-0.2, -0.15) is 4.31 Å². The van der Waals surface area contributed by atoms with Crippen LogP contribution in [0.15, 0.2) is 89.8 Å². The first kappa shape index (κ1) is 20.1. The van der Waals surface area contributed by atoms with E-state index in [0.29, 0.717) is 24.6 Å². The Balaban J connectivity index is 1.64. The minimum absolute atomic E-state index is 0.107. The largest absolute Gasteiger partial charge is 0.490 e. The van der Waals surface area contributed by atoms with Gasteiger partial charge in [-0.1, -0.05) is 60.7 Å². The molecule has 7 heteroatoms. The van der Waals surface area contributed by atoms with E-state index >= 15 is 0 Å². The maximum atomic E-state index is 13.3. The molecule has 0 saturated heterocycles. The zero-order chi connectivity index (χ0) is 21.0. The molecule has 4 rings (SSSR count). The minimum Gasteiger partial charge on any atom is -0.490 e. The maximum absolute atomic E-state index is 13.3. The van der Waals surface area contributed by atoms with Crippen LogP contribution < -0.4 is 9.64 Å². The maximum Gasteiger partial charge on any atom is 0.243 e. The smallest absolute Gasteiger partial charge is 0.243 e. The summed E-state index contributed by atoms with van der Waals surface area (Å²) in [6.45, 7) is 0.587. The van der Waals surface area contributed by atoms with Gasteiger partial charge >= 0.3 is 0 Å². The van der Waals surface area contributed by atoms with Crippen molar-refractivity contribution in [1.29, 1.82) is 0 Å². The molecule has 3 aromatic rings. The Morgan fingerprint density at radius 2 is 1.53 bits per heavy atom. The van der Waals surface area contributed by atoms with E-state index in [2.05, 4.69) is 0 Å². The summed E-state index contributed by atoms with van der Waals surface area (Å²) in [7, 11) is -3.86. The number of benzene rings is 3. The third-order valence-corrected chi connectivity index (χ3v) is 6.73. The summed E-state index contributed by atoms with van der Waals surface area (Å²) in [4.78, 5) is 15.0. The van der Waals surface area contributed by atoms with E-state index in [4.69, 9.17) is 4.74 Å². The van der Waals surface area contributed by atoms with Gasteiger partial charge < -0.3 is 9.64 Å². The molecule has 1 aliphatic heterocycles. The molecule has 0 saturated carbocycles. The van der Waals surface area contributed by atoms with Gasteiger partial charge in [0.05, 0.1) is 23.7 Å². The molecule has 1 amide bonds. The van der Waals surface area contributed by atoms with Crippen molar-refractivity contribution in [1.82, 2.24) is 4.31 Å². The molecule has 3 aromatic carbocycles. The summed E-state index contributed by atoms with van der Waals surface area (Å²) in [5.74, 6) is 0.332. The van der Waals surface area contributed by atoms with Crippen LogP contribution in [0.3, 0.4) is 0 Å². The lowest BCUT2D eigenvalue weighted by Crippen LogP contribution is -2.45. The second kappa shape index (κ2) is 8.69. The number of anilines is 1. The summed E-state index contributed by atoms with van der Waals surface area (Å²) in [6.07, 6.45) is 0. The molecule has 0 radical (unpaired) electrons. The number of carbonyl (C=O) groups excluding carboxylic acids is 1. The summed E-state index contributed by atoms with van der Waals surface area (Å²) in [6, 6.07) is 24.7. The second-order valence-corrected chi connectivity index (χ2v) is 8.87. The standard InChI is InChI=1S/C23H22N2O4S/c26-23(25-15-16-29-22-14-8-7-13-21(22)25)18-24(17-19-9-3-1-4-10-19)30(27,28)20-11-5-2-6-12-20/h1-14H,15-18H2. The summed E-state index contributed by atoms with van der Waals surface area (Å²) in [5.41, 5.74) is 1.47. The van der Waals surface area contributed by atoms with Crippen LogP contribution in [0.25, 0.3) is 0 Å².